The summed E-state index contributed by atoms with van der Waals surface area (Å²) in [5, 5.41) is 22.5. The second-order valence-electron chi connectivity index (χ2n) is 9.70. The number of benzene rings is 3. The van der Waals surface area contributed by atoms with E-state index in [1.54, 1.807) is 31.2 Å². The van der Waals surface area contributed by atoms with E-state index in [0.29, 0.717) is 23.5 Å². The summed E-state index contributed by atoms with van der Waals surface area (Å²) in [6.07, 6.45) is 0.0612. The average molecular weight is 535 g/mol. The van der Waals surface area contributed by atoms with Crippen molar-refractivity contribution < 1.29 is 23.5 Å². The second kappa shape index (κ2) is 12.7. The lowest BCUT2D eigenvalue weighted by atomic mass is 10.00. The van der Waals surface area contributed by atoms with Crippen molar-refractivity contribution >= 4 is 23.2 Å². The molecule has 1 unspecified atom stereocenters. The van der Waals surface area contributed by atoms with Crippen LogP contribution in [0, 0.1) is 11.6 Å². The van der Waals surface area contributed by atoms with Crippen molar-refractivity contribution in [1.29, 1.82) is 0 Å². The molecule has 2 amide bonds. The van der Waals surface area contributed by atoms with Gasteiger partial charge in [-0.05, 0) is 66.8 Å². The normalized spacial score (nSPS) is 14.7. The number of halogens is 2. The van der Waals surface area contributed by atoms with Crippen molar-refractivity contribution in [3.63, 3.8) is 0 Å². The summed E-state index contributed by atoms with van der Waals surface area (Å²) in [5.74, 6) is -2.17. The van der Waals surface area contributed by atoms with Crippen LogP contribution in [-0.2, 0) is 24.2 Å². The smallest absolute Gasteiger partial charge is 0.253 e. The zero-order valence-electron chi connectivity index (χ0n) is 22.0. The van der Waals surface area contributed by atoms with Crippen LogP contribution in [0.3, 0.4) is 0 Å². The number of nitrogens with one attached hydrogen (secondary N) is 2. The van der Waals surface area contributed by atoms with E-state index >= 15 is 0 Å². The Hall–Kier alpha value is -3.95. The number of nitrogens with zero attached hydrogens (tertiary/aromatic N) is 2. The predicted molar refractivity (Wildman–Crippen MR) is 147 cm³/mol. The maximum Gasteiger partial charge on any atom is 0.253 e. The molecule has 9 heteroatoms. The number of aryl methyl sites for hydroxylation is 1. The predicted octanol–water partition coefficient (Wildman–Crippen LogP) is 4.13. The first kappa shape index (κ1) is 28.1. The molecule has 3 aromatic carbocycles. The van der Waals surface area contributed by atoms with Gasteiger partial charge in [0.25, 0.3) is 11.8 Å². The van der Waals surface area contributed by atoms with Crippen LogP contribution in [0.4, 0.5) is 14.5 Å². The first-order valence-electron chi connectivity index (χ1n) is 12.9. The molecule has 0 radical (unpaired) electrons. The number of hydrogen-bond donors (Lipinski definition) is 3. The highest BCUT2D eigenvalue weighted by molar-refractivity contribution is 6.12. The summed E-state index contributed by atoms with van der Waals surface area (Å²) in [6.45, 7) is 4.47. The van der Waals surface area contributed by atoms with E-state index in [-0.39, 0.29) is 30.9 Å². The van der Waals surface area contributed by atoms with Gasteiger partial charge in [-0.15, -0.1) is 0 Å². The Labute approximate surface area is 226 Å². The van der Waals surface area contributed by atoms with Gasteiger partial charge in [-0.3, -0.25) is 9.59 Å². The second-order valence-corrected chi connectivity index (χ2v) is 9.70. The molecule has 7 nitrogen and oxygen atoms in total. The molecule has 3 N–H and O–H groups in total. The Balaban J connectivity index is 1.49. The zero-order valence-corrected chi connectivity index (χ0v) is 22.0. The summed E-state index contributed by atoms with van der Waals surface area (Å²) in [5.41, 5.74) is 3.94. The van der Waals surface area contributed by atoms with Gasteiger partial charge in [-0.2, -0.15) is 5.10 Å². The van der Waals surface area contributed by atoms with E-state index in [4.69, 9.17) is 0 Å². The van der Waals surface area contributed by atoms with Crippen LogP contribution in [0.15, 0.2) is 71.8 Å². The number of amides is 2. The number of anilines is 1. The Morgan fingerprint density at radius 2 is 1.74 bits per heavy atom. The molecule has 1 aliphatic heterocycles. The molecule has 204 valence electrons. The first-order chi connectivity index (χ1) is 18.7. The van der Waals surface area contributed by atoms with E-state index in [2.05, 4.69) is 28.7 Å². The number of hydrogen-bond acceptors (Lipinski definition) is 5. The average Bonchev–Trinajstić information content (AvgIpc) is 3.25. The Bertz CT molecular complexity index is 1360. The van der Waals surface area contributed by atoms with Crippen molar-refractivity contribution in [3.05, 3.63) is 101 Å². The van der Waals surface area contributed by atoms with Gasteiger partial charge in [0.1, 0.15) is 11.6 Å². The fourth-order valence-electron chi connectivity index (χ4n) is 4.52. The Kier molecular flexibility index (Phi) is 9.16. The lowest BCUT2D eigenvalue weighted by Gasteiger charge is -2.25. The van der Waals surface area contributed by atoms with Gasteiger partial charge in [0, 0.05) is 30.4 Å². The highest BCUT2D eigenvalue weighted by atomic mass is 19.1. The van der Waals surface area contributed by atoms with E-state index in [0.717, 1.165) is 18.1 Å². The summed E-state index contributed by atoms with van der Waals surface area (Å²) in [6, 6.07) is 16.8. The fraction of sp³-hybridized carbons (Fsp3) is 0.300. The number of aliphatic hydroxyl groups excluding tert-OH is 1. The lowest BCUT2D eigenvalue weighted by molar-refractivity contribution is -0.116. The van der Waals surface area contributed by atoms with E-state index in [1.165, 1.54) is 22.7 Å². The van der Waals surface area contributed by atoms with E-state index < -0.39 is 29.7 Å². The zero-order chi connectivity index (χ0) is 27.9. The largest absolute Gasteiger partial charge is 0.390 e. The molecule has 0 aliphatic carbocycles. The van der Waals surface area contributed by atoms with Gasteiger partial charge in [-0.25, -0.2) is 13.8 Å². The van der Waals surface area contributed by atoms with Crippen LogP contribution in [0.2, 0.25) is 0 Å². The van der Waals surface area contributed by atoms with Crippen LogP contribution in [-0.4, -0.2) is 41.3 Å². The van der Waals surface area contributed by atoms with E-state index in [9.17, 15) is 23.5 Å². The Morgan fingerprint density at radius 1 is 1.03 bits per heavy atom. The quantitative estimate of drug-likeness (QED) is 0.345. The molecule has 0 spiro atoms. The molecule has 2 atom stereocenters. The summed E-state index contributed by atoms with van der Waals surface area (Å²) < 4.78 is 27.7. The van der Waals surface area contributed by atoms with Crippen LogP contribution >= 0.6 is 0 Å². The van der Waals surface area contributed by atoms with Crippen molar-refractivity contribution in [2.75, 3.05) is 11.6 Å². The molecule has 0 saturated carbocycles. The standard InChI is InChI=1S/C30H32F2N4O3/c1-3-20-6-4-7-21(11-20)17-33-18-28(37)27(14-22-12-24(31)16-25(32)13-22)34-30(39)23-8-5-9-26(15-23)36-29(38)10-19(2)35-36/h4-9,11-13,15-16,27-28,33,37H,3,10,14,17-18H2,1-2H3,(H,34,39)/t27?,28-/m0/s1. The molecule has 3 aromatic rings. The third-order valence-electron chi connectivity index (χ3n) is 6.51. The highest BCUT2D eigenvalue weighted by Crippen LogP contribution is 2.22. The van der Waals surface area contributed by atoms with Crippen LogP contribution in [0.25, 0.3) is 0 Å². The number of carbonyl (C=O) groups is 2. The van der Waals surface area contributed by atoms with Crippen LogP contribution in [0.5, 0.6) is 0 Å². The topological polar surface area (TPSA) is 94.0 Å². The van der Waals surface area contributed by atoms with Crippen molar-refractivity contribution in [1.82, 2.24) is 10.6 Å². The fourth-order valence-corrected chi connectivity index (χ4v) is 4.52. The molecule has 1 heterocycles. The molecule has 0 saturated heterocycles. The Morgan fingerprint density at radius 3 is 2.44 bits per heavy atom. The van der Waals surface area contributed by atoms with E-state index in [1.807, 2.05) is 18.2 Å². The molecule has 0 aromatic heterocycles. The minimum absolute atomic E-state index is 0.00236. The van der Waals surface area contributed by atoms with Crippen LogP contribution < -0.4 is 15.6 Å². The van der Waals surface area contributed by atoms with Gasteiger partial charge in [-0.1, -0.05) is 37.3 Å². The van der Waals surface area contributed by atoms with Crippen molar-refractivity contribution in [2.24, 2.45) is 5.10 Å². The molecule has 4 rings (SSSR count). The summed E-state index contributed by atoms with van der Waals surface area (Å²) >= 11 is 0. The minimum Gasteiger partial charge on any atom is -0.390 e. The van der Waals surface area contributed by atoms with Gasteiger partial charge in [0.2, 0.25) is 0 Å². The maximum absolute atomic E-state index is 13.9. The molecule has 0 bridgehead atoms. The van der Waals surface area contributed by atoms with Crippen LogP contribution in [0.1, 0.15) is 47.3 Å². The summed E-state index contributed by atoms with van der Waals surface area (Å²) in [4.78, 5) is 25.5. The van der Waals surface area contributed by atoms with Gasteiger partial charge >= 0.3 is 0 Å². The van der Waals surface area contributed by atoms with Gasteiger partial charge < -0.3 is 15.7 Å². The minimum atomic E-state index is -1.06. The number of rotatable bonds is 11. The van der Waals surface area contributed by atoms with Gasteiger partial charge in [0.15, 0.2) is 0 Å². The van der Waals surface area contributed by atoms with Crippen molar-refractivity contribution in [3.8, 4) is 0 Å². The third-order valence-corrected chi connectivity index (χ3v) is 6.51. The highest BCUT2D eigenvalue weighted by Gasteiger charge is 2.25. The SMILES string of the molecule is CCc1cccc(CNC[C@H](O)C(Cc2cc(F)cc(F)c2)NC(=O)c2cccc(N3N=C(C)CC3=O)c2)c1. The molecule has 0 fully saturated rings. The van der Waals surface area contributed by atoms with Gasteiger partial charge in [0.05, 0.1) is 24.3 Å². The lowest BCUT2D eigenvalue weighted by Crippen LogP contribution is -2.48. The number of aliphatic hydroxyl groups is 1. The molecular formula is C30H32F2N4O3. The number of hydrazone groups is 1. The molecule has 1 aliphatic rings. The number of carbonyl (C=O) groups excluding carboxylic acids is 2. The maximum atomic E-state index is 13.9. The first-order valence-corrected chi connectivity index (χ1v) is 12.9. The summed E-state index contributed by atoms with van der Waals surface area (Å²) in [7, 11) is 0. The third kappa shape index (κ3) is 7.55. The van der Waals surface area contributed by atoms with Crippen molar-refractivity contribution in [2.45, 2.75) is 51.8 Å². The molecular weight excluding hydrogens is 502 g/mol. The monoisotopic (exact) mass is 534 g/mol. The molecule has 39 heavy (non-hydrogen) atoms.